The van der Waals surface area contributed by atoms with E-state index >= 15 is 0 Å². The molecule has 3 rings (SSSR count). The lowest BCUT2D eigenvalue weighted by molar-refractivity contribution is -0.122. The van der Waals surface area contributed by atoms with Crippen LogP contribution in [-0.4, -0.2) is 68.4 Å². The number of carbonyl (C=O) groups excluding carboxylic acids is 1. The first-order valence-corrected chi connectivity index (χ1v) is 16.9. The summed E-state index contributed by atoms with van der Waals surface area (Å²) < 4.78 is 38.6. The zero-order valence-electron chi connectivity index (χ0n) is 26.1. The Kier molecular flexibility index (Phi) is 14.6. The van der Waals surface area contributed by atoms with Gasteiger partial charge >= 0.3 is 0 Å². The van der Waals surface area contributed by atoms with Crippen LogP contribution >= 0.6 is 0 Å². The van der Waals surface area contributed by atoms with Crippen LogP contribution < -0.4 is 20.1 Å². The number of carbonyl (C=O) groups is 1. The molecule has 0 aromatic heterocycles. The molecule has 0 spiro atoms. The number of aliphatic hydroxyl groups is 1. The topological polar surface area (TPSA) is 117 Å². The third-order valence-corrected chi connectivity index (χ3v) is 9.03. The van der Waals surface area contributed by atoms with Crippen LogP contribution in [0.25, 0.3) is 0 Å². The third-order valence-electron chi connectivity index (χ3n) is 7.16. The Morgan fingerprint density at radius 1 is 0.886 bits per heavy atom. The Labute approximate surface area is 262 Å². The maximum Gasteiger partial charge on any atom is 0.221 e. The van der Waals surface area contributed by atoms with Gasteiger partial charge in [-0.3, -0.25) is 4.79 Å². The van der Waals surface area contributed by atoms with Crippen LogP contribution in [0.15, 0.2) is 78.9 Å². The van der Waals surface area contributed by atoms with E-state index in [2.05, 4.69) is 10.6 Å². The number of hydrogen-bond donors (Lipinski definition) is 3. The standard InChI is InChI=1S/C34H47N3O6S/c1-4-18-37(19-5-2)44(40,41)20-17-34(39)36-32(33(38)25-35-24-29-14-10-15-30(22-29)42-3)23-28-13-9-16-31(21-28)43-26-27-11-7-6-8-12-27/h6-16,21-22,32-33,35,38H,4-5,17-20,23-26H2,1-3H3,(H,36,39)/t32-,33+/m0/s1. The van der Waals surface area contributed by atoms with E-state index in [9.17, 15) is 18.3 Å². The fourth-order valence-electron chi connectivity index (χ4n) is 4.85. The summed E-state index contributed by atoms with van der Waals surface area (Å²) in [7, 11) is -1.96. The largest absolute Gasteiger partial charge is 0.497 e. The zero-order valence-corrected chi connectivity index (χ0v) is 26.9. The smallest absolute Gasteiger partial charge is 0.221 e. The molecule has 0 radical (unpaired) electrons. The lowest BCUT2D eigenvalue weighted by Crippen LogP contribution is -2.49. The van der Waals surface area contributed by atoms with Gasteiger partial charge < -0.3 is 25.2 Å². The quantitative estimate of drug-likeness (QED) is 0.172. The minimum atomic E-state index is -3.57. The summed E-state index contributed by atoms with van der Waals surface area (Å²) >= 11 is 0. The molecular formula is C34H47N3O6S. The van der Waals surface area contributed by atoms with E-state index in [4.69, 9.17) is 9.47 Å². The van der Waals surface area contributed by atoms with E-state index in [1.165, 1.54) is 4.31 Å². The Morgan fingerprint density at radius 3 is 2.20 bits per heavy atom. The SMILES string of the molecule is CCCN(CCC)S(=O)(=O)CCC(=O)N[C@@H](Cc1cccc(OCc2ccccc2)c1)[C@H](O)CNCc1cccc(OC)c1. The first-order chi connectivity index (χ1) is 21.2. The van der Waals surface area contributed by atoms with E-state index in [1.54, 1.807) is 7.11 Å². The molecule has 9 nitrogen and oxygen atoms in total. The number of ether oxygens (including phenoxy) is 2. The number of rotatable bonds is 20. The highest BCUT2D eigenvalue weighted by atomic mass is 32.2. The summed E-state index contributed by atoms with van der Waals surface area (Å²) in [6.45, 7) is 5.86. The molecule has 0 bridgehead atoms. The van der Waals surface area contributed by atoms with Crippen LogP contribution in [0, 0.1) is 0 Å². The van der Waals surface area contributed by atoms with Gasteiger partial charge in [0, 0.05) is 32.6 Å². The van der Waals surface area contributed by atoms with E-state index < -0.39 is 28.1 Å². The predicted octanol–water partition coefficient (Wildman–Crippen LogP) is 4.29. The van der Waals surface area contributed by atoms with E-state index in [0.29, 0.717) is 51.3 Å². The van der Waals surface area contributed by atoms with Gasteiger partial charge in [0.15, 0.2) is 0 Å². The van der Waals surface area contributed by atoms with E-state index in [1.807, 2.05) is 92.7 Å². The molecule has 1 amide bonds. The van der Waals surface area contributed by atoms with Gasteiger partial charge in [0.1, 0.15) is 18.1 Å². The van der Waals surface area contributed by atoms with Crippen molar-refractivity contribution in [1.29, 1.82) is 0 Å². The van der Waals surface area contributed by atoms with Gasteiger partial charge in [-0.05, 0) is 60.2 Å². The summed E-state index contributed by atoms with van der Waals surface area (Å²) in [5, 5.41) is 17.4. The van der Waals surface area contributed by atoms with Crippen LogP contribution in [0.1, 0.15) is 49.8 Å². The van der Waals surface area contributed by atoms with Crippen molar-refractivity contribution >= 4 is 15.9 Å². The maximum atomic E-state index is 13.1. The van der Waals surface area contributed by atoms with Crippen molar-refractivity contribution in [2.75, 3.05) is 32.5 Å². The van der Waals surface area contributed by atoms with Gasteiger partial charge in [-0.25, -0.2) is 12.7 Å². The summed E-state index contributed by atoms with van der Waals surface area (Å²) in [5.41, 5.74) is 2.92. The average molecular weight is 626 g/mol. The third kappa shape index (κ3) is 11.9. The number of nitrogens with one attached hydrogen (secondary N) is 2. The average Bonchev–Trinajstić information content (AvgIpc) is 3.03. The fourth-order valence-corrected chi connectivity index (χ4v) is 6.47. The van der Waals surface area contributed by atoms with Crippen LogP contribution in [0.4, 0.5) is 0 Å². The molecule has 0 aliphatic carbocycles. The lowest BCUT2D eigenvalue weighted by atomic mass is 10.0. The van der Waals surface area contributed by atoms with Gasteiger partial charge in [-0.2, -0.15) is 0 Å². The molecule has 0 aliphatic rings. The highest BCUT2D eigenvalue weighted by molar-refractivity contribution is 7.89. The molecule has 3 N–H and O–H groups in total. The summed E-state index contributed by atoms with van der Waals surface area (Å²) in [5.74, 6) is 0.726. The second kappa shape index (κ2) is 18.4. The number of hydrogen-bond acceptors (Lipinski definition) is 7. The van der Waals surface area contributed by atoms with Crippen molar-refractivity contribution in [3.05, 3.63) is 95.6 Å². The highest BCUT2D eigenvalue weighted by Gasteiger charge is 2.25. The molecule has 240 valence electrons. The van der Waals surface area contributed by atoms with Crippen LogP contribution in [0.2, 0.25) is 0 Å². The van der Waals surface area contributed by atoms with E-state index in [-0.39, 0.29) is 18.7 Å². The zero-order chi connectivity index (χ0) is 31.8. The molecular weight excluding hydrogens is 578 g/mol. The van der Waals surface area contributed by atoms with Crippen LogP contribution in [0.5, 0.6) is 11.5 Å². The minimum absolute atomic E-state index is 0.188. The molecule has 0 unspecified atom stereocenters. The minimum Gasteiger partial charge on any atom is -0.497 e. The molecule has 0 saturated heterocycles. The molecule has 10 heteroatoms. The number of methoxy groups -OCH3 is 1. The van der Waals surface area contributed by atoms with E-state index in [0.717, 1.165) is 22.4 Å². The maximum absolute atomic E-state index is 13.1. The number of sulfonamides is 1. The Hall–Kier alpha value is -3.44. The highest BCUT2D eigenvalue weighted by Crippen LogP contribution is 2.18. The van der Waals surface area contributed by atoms with Crippen LogP contribution in [0.3, 0.4) is 0 Å². The van der Waals surface area contributed by atoms with Crippen molar-refractivity contribution in [2.45, 2.75) is 64.8 Å². The monoisotopic (exact) mass is 625 g/mol. The van der Waals surface area contributed by atoms with Gasteiger partial charge in [-0.1, -0.05) is 68.4 Å². The number of aliphatic hydroxyl groups excluding tert-OH is 1. The Balaban J connectivity index is 1.67. The molecule has 0 saturated carbocycles. The van der Waals surface area contributed by atoms with Crippen LogP contribution in [-0.2, 0) is 34.4 Å². The van der Waals surface area contributed by atoms with Gasteiger partial charge in [0.2, 0.25) is 15.9 Å². The van der Waals surface area contributed by atoms with Gasteiger partial charge in [-0.15, -0.1) is 0 Å². The molecule has 44 heavy (non-hydrogen) atoms. The second-order valence-corrected chi connectivity index (χ2v) is 12.9. The summed E-state index contributed by atoms with van der Waals surface area (Å²) in [6, 6.07) is 24.4. The van der Waals surface area contributed by atoms with Crippen molar-refractivity contribution in [3.8, 4) is 11.5 Å². The lowest BCUT2D eigenvalue weighted by Gasteiger charge is -2.26. The molecule has 0 heterocycles. The number of nitrogens with zero attached hydrogens (tertiary/aromatic N) is 1. The van der Waals surface area contributed by atoms with Crippen molar-refractivity contribution in [1.82, 2.24) is 14.9 Å². The second-order valence-electron chi connectivity index (χ2n) is 10.8. The summed E-state index contributed by atoms with van der Waals surface area (Å²) in [4.78, 5) is 13.1. The Bertz CT molecular complexity index is 1380. The van der Waals surface area contributed by atoms with Gasteiger partial charge in [0.25, 0.3) is 0 Å². The molecule has 3 aromatic rings. The van der Waals surface area contributed by atoms with Gasteiger partial charge in [0.05, 0.1) is 25.0 Å². The molecule has 0 aliphatic heterocycles. The fraction of sp³-hybridized carbons (Fsp3) is 0.441. The Morgan fingerprint density at radius 2 is 1.52 bits per heavy atom. The molecule has 2 atom stereocenters. The van der Waals surface area contributed by atoms with Crippen molar-refractivity contribution < 1.29 is 27.8 Å². The first kappa shape index (κ1) is 35.0. The summed E-state index contributed by atoms with van der Waals surface area (Å²) in [6.07, 6.45) is 0.618. The molecule has 0 fully saturated rings. The number of amides is 1. The number of benzene rings is 3. The predicted molar refractivity (Wildman–Crippen MR) is 174 cm³/mol. The first-order valence-electron chi connectivity index (χ1n) is 15.3. The van der Waals surface area contributed by atoms with Crippen molar-refractivity contribution in [3.63, 3.8) is 0 Å². The molecule has 3 aromatic carbocycles. The normalized spacial score (nSPS) is 12.9. The van der Waals surface area contributed by atoms with Crippen molar-refractivity contribution in [2.24, 2.45) is 0 Å².